The molecule has 15 heavy (non-hydrogen) atoms. The lowest BCUT2D eigenvalue weighted by Crippen LogP contribution is -2.26. The van der Waals surface area contributed by atoms with Gasteiger partial charge in [0.15, 0.2) is 0 Å². The van der Waals surface area contributed by atoms with Crippen molar-refractivity contribution in [2.24, 2.45) is 0 Å². The fourth-order valence-corrected chi connectivity index (χ4v) is 2.18. The van der Waals surface area contributed by atoms with Crippen molar-refractivity contribution in [2.75, 3.05) is 13.2 Å². The third-order valence-electron chi connectivity index (χ3n) is 2.63. The molecule has 2 atom stereocenters. The van der Waals surface area contributed by atoms with Gasteiger partial charge in [0.05, 0.1) is 13.2 Å². The third kappa shape index (κ3) is 3.52. The van der Waals surface area contributed by atoms with Crippen molar-refractivity contribution < 1.29 is 4.74 Å². The van der Waals surface area contributed by atoms with Crippen molar-refractivity contribution >= 4 is 12.6 Å². The van der Waals surface area contributed by atoms with E-state index in [1.807, 2.05) is 18.2 Å². The summed E-state index contributed by atoms with van der Waals surface area (Å²) in [6.07, 6.45) is 1.11. The summed E-state index contributed by atoms with van der Waals surface area (Å²) in [5, 5.41) is 3.89. The molecule has 0 aromatic heterocycles. The Labute approximate surface area is 96.4 Å². The lowest BCUT2D eigenvalue weighted by molar-refractivity contribution is 0.103. The molecule has 0 spiro atoms. The van der Waals surface area contributed by atoms with E-state index in [0.29, 0.717) is 17.9 Å². The first kappa shape index (κ1) is 11.0. The molecule has 0 bridgehead atoms. The van der Waals surface area contributed by atoms with E-state index in [2.05, 4.69) is 30.1 Å². The first-order chi connectivity index (χ1) is 7.34. The number of hydrogen-bond donors (Lipinski definition) is 2. The van der Waals surface area contributed by atoms with Gasteiger partial charge in [-0.1, -0.05) is 30.3 Å². The van der Waals surface area contributed by atoms with Crippen LogP contribution < -0.4 is 5.32 Å². The Morgan fingerprint density at radius 1 is 1.33 bits per heavy atom. The molecule has 0 saturated carbocycles. The molecule has 0 unspecified atom stereocenters. The monoisotopic (exact) mass is 223 g/mol. The molecular formula is C12H17NOS. The lowest BCUT2D eigenvalue weighted by atomic mass is 10.2. The Balaban J connectivity index is 1.67. The second kappa shape index (κ2) is 5.54. The van der Waals surface area contributed by atoms with E-state index in [-0.39, 0.29) is 0 Å². The molecule has 0 aliphatic carbocycles. The molecule has 1 aliphatic heterocycles. The van der Waals surface area contributed by atoms with Gasteiger partial charge in [0.1, 0.15) is 0 Å². The highest BCUT2D eigenvalue weighted by molar-refractivity contribution is 7.81. The summed E-state index contributed by atoms with van der Waals surface area (Å²) in [5.74, 6) is 0. The average molecular weight is 223 g/mol. The normalized spacial score (nSPS) is 25.7. The number of hydrogen-bond acceptors (Lipinski definition) is 3. The highest BCUT2D eigenvalue weighted by Crippen LogP contribution is 2.12. The molecule has 2 nitrogen and oxygen atoms in total. The minimum Gasteiger partial charge on any atom is -0.375 e. The molecule has 3 heteroatoms. The van der Waals surface area contributed by atoms with Crippen LogP contribution in [0.4, 0.5) is 0 Å². The largest absolute Gasteiger partial charge is 0.375 e. The van der Waals surface area contributed by atoms with Crippen molar-refractivity contribution in [3.05, 3.63) is 35.9 Å². The van der Waals surface area contributed by atoms with Crippen LogP contribution in [0.2, 0.25) is 0 Å². The summed E-state index contributed by atoms with van der Waals surface area (Å²) in [4.78, 5) is 0. The summed E-state index contributed by atoms with van der Waals surface area (Å²) in [6.45, 7) is 2.49. The zero-order chi connectivity index (χ0) is 10.5. The topological polar surface area (TPSA) is 21.3 Å². The van der Waals surface area contributed by atoms with Crippen molar-refractivity contribution in [1.82, 2.24) is 5.32 Å². The quantitative estimate of drug-likeness (QED) is 0.760. The molecule has 1 N–H and O–H groups in total. The molecule has 1 aromatic rings. The molecule has 82 valence electrons. The molecule has 1 fully saturated rings. The van der Waals surface area contributed by atoms with E-state index in [1.165, 1.54) is 5.56 Å². The molecular weight excluding hydrogens is 206 g/mol. The second-order valence-corrected chi connectivity index (χ2v) is 4.73. The highest BCUT2D eigenvalue weighted by atomic mass is 32.1. The first-order valence-corrected chi connectivity index (χ1v) is 5.89. The predicted molar refractivity (Wildman–Crippen MR) is 65.3 cm³/mol. The number of benzene rings is 1. The SMILES string of the molecule is S[C@H]1CN[C@H](COCc2ccccc2)C1. The Hall–Kier alpha value is -0.510. The third-order valence-corrected chi connectivity index (χ3v) is 3.02. The summed E-state index contributed by atoms with van der Waals surface area (Å²) < 4.78 is 5.66. The van der Waals surface area contributed by atoms with E-state index >= 15 is 0 Å². The van der Waals surface area contributed by atoms with E-state index in [9.17, 15) is 0 Å². The smallest absolute Gasteiger partial charge is 0.0717 e. The first-order valence-electron chi connectivity index (χ1n) is 5.38. The van der Waals surface area contributed by atoms with Crippen LogP contribution in [-0.2, 0) is 11.3 Å². The van der Waals surface area contributed by atoms with E-state index < -0.39 is 0 Å². The fourth-order valence-electron chi connectivity index (χ4n) is 1.82. The van der Waals surface area contributed by atoms with E-state index in [4.69, 9.17) is 4.74 Å². The van der Waals surface area contributed by atoms with Crippen LogP contribution in [0.5, 0.6) is 0 Å². The van der Waals surface area contributed by atoms with Crippen molar-refractivity contribution in [3.63, 3.8) is 0 Å². The maximum atomic E-state index is 5.66. The van der Waals surface area contributed by atoms with Crippen molar-refractivity contribution in [1.29, 1.82) is 0 Å². The number of ether oxygens (including phenoxy) is 1. The summed E-state index contributed by atoms with van der Waals surface area (Å²) >= 11 is 4.43. The lowest BCUT2D eigenvalue weighted by Gasteiger charge is -2.10. The van der Waals surface area contributed by atoms with Crippen LogP contribution in [0.25, 0.3) is 0 Å². The van der Waals surface area contributed by atoms with Crippen LogP contribution in [0, 0.1) is 0 Å². The van der Waals surface area contributed by atoms with E-state index in [1.54, 1.807) is 0 Å². The molecule has 1 saturated heterocycles. The molecule has 0 radical (unpaired) electrons. The summed E-state index contributed by atoms with van der Waals surface area (Å²) in [7, 11) is 0. The minimum absolute atomic E-state index is 0.483. The number of nitrogens with one attached hydrogen (secondary N) is 1. The maximum Gasteiger partial charge on any atom is 0.0717 e. The van der Waals surface area contributed by atoms with Gasteiger partial charge >= 0.3 is 0 Å². The standard InChI is InChI=1S/C12H17NOS/c15-12-6-11(13-7-12)9-14-8-10-4-2-1-3-5-10/h1-5,11-13,15H,6-9H2/t11-,12+/m0/s1. The predicted octanol–water partition coefficient (Wildman–Crippen LogP) is 1.86. The Kier molecular flexibility index (Phi) is 4.06. The van der Waals surface area contributed by atoms with Gasteiger partial charge in [-0.15, -0.1) is 0 Å². The van der Waals surface area contributed by atoms with Gasteiger partial charge in [-0.2, -0.15) is 12.6 Å². The second-order valence-electron chi connectivity index (χ2n) is 4.00. The van der Waals surface area contributed by atoms with Gasteiger partial charge in [-0.3, -0.25) is 0 Å². The zero-order valence-corrected chi connectivity index (χ0v) is 9.62. The van der Waals surface area contributed by atoms with Gasteiger partial charge in [0, 0.05) is 17.8 Å². The average Bonchev–Trinajstić information content (AvgIpc) is 2.66. The van der Waals surface area contributed by atoms with Crippen LogP contribution in [0.15, 0.2) is 30.3 Å². The number of thiol groups is 1. The summed E-state index contributed by atoms with van der Waals surface area (Å²) in [6, 6.07) is 10.8. The molecule has 0 amide bonds. The highest BCUT2D eigenvalue weighted by Gasteiger charge is 2.20. The minimum atomic E-state index is 0.483. The van der Waals surface area contributed by atoms with Crippen molar-refractivity contribution in [3.8, 4) is 0 Å². The van der Waals surface area contributed by atoms with Crippen LogP contribution >= 0.6 is 12.6 Å². The van der Waals surface area contributed by atoms with Crippen LogP contribution in [0.1, 0.15) is 12.0 Å². The van der Waals surface area contributed by atoms with Crippen LogP contribution in [-0.4, -0.2) is 24.4 Å². The zero-order valence-electron chi connectivity index (χ0n) is 8.73. The molecule has 1 heterocycles. The number of rotatable bonds is 4. The van der Waals surface area contributed by atoms with Gasteiger partial charge in [-0.25, -0.2) is 0 Å². The van der Waals surface area contributed by atoms with Gasteiger partial charge in [0.25, 0.3) is 0 Å². The maximum absolute atomic E-state index is 5.66. The molecule has 1 aromatic carbocycles. The Morgan fingerprint density at radius 3 is 2.80 bits per heavy atom. The van der Waals surface area contributed by atoms with Gasteiger partial charge in [-0.05, 0) is 12.0 Å². The van der Waals surface area contributed by atoms with E-state index in [0.717, 1.165) is 19.6 Å². The molecule has 2 rings (SSSR count). The fraction of sp³-hybridized carbons (Fsp3) is 0.500. The van der Waals surface area contributed by atoms with Gasteiger partial charge in [0.2, 0.25) is 0 Å². The van der Waals surface area contributed by atoms with Crippen molar-refractivity contribution in [2.45, 2.75) is 24.3 Å². The molecule has 1 aliphatic rings. The summed E-state index contributed by atoms with van der Waals surface area (Å²) in [5.41, 5.74) is 1.23. The van der Waals surface area contributed by atoms with Crippen LogP contribution in [0.3, 0.4) is 0 Å². The Bertz CT molecular complexity index is 291. The van der Waals surface area contributed by atoms with Gasteiger partial charge < -0.3 is 10.1 Å². The Morgan fingerprint density at radius 2 is 2.13 bits per heavy atom.